The lowest BCUT2D eigenvalue weighted by Crippen LogP contribution is -2.37. The van der Waals surface area contributed by atoms with Crippen LogP contribution in [0.5, 0.6) is 0 Å². The van der Waals surface area contributed by atoms with Gasteiger partial charge in [0.2, 0.25) is 0 Å². The van der Waals surface area contributed by atoms with Gasteiger partial charge in [0.05, 0.1) is 18.3 Å². The van der Waals surface area contributed by atoms with Gasteiger partial charge >= 0.3 is 5.97 Å². The van der Waals surface area contributed by atoms with Crippen LogP contribution in [0.25, 0.3) is 0 Å². The molecule has 0 aromatic heterocycles. The first-order valence-electron chi connectivity index (χ1n) is 10.4. The fourth-order valence-electron chi connectivity index (χ4n) is 3.29. The van der Waals surface area contributed by atoms with Crippen LogP contribution in [-0.4, -0.2) is 46.4 Å². The molecule has 0 radical (unpaired) electrons. The van der Waals surface area contributed by atoms with E-state index in [1.165, 1.54) is 24.3 Å². The van der Waals surface area contributed by atoms with Crippen LogP contribution in [0.1, 0.15) is 37.9 Å². The van der Waals surface area contributed by atoms with Gasteiger partial charge in [-0.3, -0.25) is 4.79 Å². The number of benzene rings is 3. The number of nitrogens with one attached hydrogen (secondary N) is 2. The molecule has 3 rings (SSSR count). The molecule has 5 N–H and O–H groups in total. The number of carboxylic acid groups (broad SMARTS) is 1. The normalized spacial score (nSPS) is 12.7. The van der Waals surface area contributed by atoms with Crippen molar-refractivity contribution in [2.75, 3.05) is 18.5 Å². The summed E-state index contributed by atoms with van der Waals surface area (Å²) in [7, 11) is 0. The topological polar surface area (TPSA) is 119 Å². The Hall–Kier alpha value is -3.23. The Morgan fingerprint density at radius 1 is 0.939 bits per heavy atom. The van der Waals surface area contributed by atoms with E-state index in [4.69, 9.17) is 16.7 Å². The van der Waals surface area contributed by atoms with Gasteiger partial charge in [0.25, 0.3) is 5.91 Å². The summed E-state index contributed by atoms with van der Waals surface area (Å²) in [5, 5.41) is 35.5. The highest BCUT2D eigenvalue weighted by Crippen LogP contribution is 2.18. The maximum Gasteiger partial charge on any atom is 0.335 e. The van der Waals surface area contributed by atoms with E-state index in [2.05, 4.69) is 10.6 Å². The van der Waals surface area contributed by atoms with Gasteiger partial charge in [-0.2, -0.15) is 0 Å². The fraction of sp³-hybridized carbons (Fsp3) is 0.200. The van der Waals surface area contributed by atoms with Gasteiger partial charge in [-0.1, -0.05) is 35.9 Å². The first-order valence-corrected chi connectivity index (χ1v) is 10.7. The Labute approximate surface area is 196 Å². The van der Waals surface area contributed by atoms with Crippen LogP contribution in [0.3, 0.4) is 0 Å². The molecule has 0 saturated carbocycles. The highest BCUT2D eigenvalue weighted by molar-refractivity contribution is 6.30. The van der Waals surface area contributed by atoms with E-state index in [0.717, 1.165) is 5.56 Å². The Morgan fingerprint density at radius 3 is 2.21 bits per heavy atom. The lowest BCUT2D eigenvalue weighted by Gasteiger charge is -2.19. The summed E-state index contributed by atoms with van der Waals surface area (Å²) in [6, 6.07) is 19.6. The second-order valence-electron chi connectivity index (χ2n) is 7.60. The molecule has 0 fully saturated rings. The molecule has 3 aromatic rings. The quantitative estimate of drug-likeness (QED) is 0.310. The number of carbonyl (C=O) groups excluding carboxylic acids is 1. The van der Waals surface area contributed by atoms with E-state index in [1.807, 2.05) is 12.1 Å². The van der Waals surface area contributed by atoms with Crippen molar-refractivity contribution in [2.24, 2.45) is 0 Å². The number of carboxylic acids is 1. The maximum absolute atomic E-state index is 12.4. The number of rotatable bonds is 10. The zero-order valence-electron chi connectivity index (χ0n) is 17.7. The van der Waals surface area contributed by atoms with Gasteiger partial charge < -0.3 is 26.0 Å². The van der Waals surface area contributed by atoms with Crippen LogP contribution in [0, 0.1) is 0 Å². The molecule has 0 aliphatic carbocycles. The molecule has 0 saturated heterocycles. The predicted molar refractivity (Wildman–Crippen MR) is 127 cm³/mol. The van der Waals surface area contributed by atoms with Gasteiger partial charge in [0.1, 0.15) is 0 Å². The average Bonchev–Trinajstić information content (AvgIpc) is 2.82. The molecule has 172 valence electrons. The van der Waals surface area contributed by atoms with Crippen LogP contribution < -0.4 is 10.6 Å². The first kappa shape index (κ1) is 24.4. The van der Waals surface area contributed by atoms with E-state index in [0.29, 0.717) is 28.3 Å². The second-order valence-corrected chi connectivity index (χ2v) is 8.03. The molecular weight excluding hydrogens is 444 g/mol. The van der Waals surface area contributed by atoms with Gasteiger partial charge in [0, 0.05) is 28.9 Å². The number of carbonyl (C=O) groups is 2. The third-order valence-electron chi connectivity index (χ3n) is 5.14. The molecule has 0 aliphatic heterocycles. The number of amides is 1. The molecule has 8 heteroatoms. The number of aliphatic hydroxyl groups excluding tert-OH is 2. The van der Waals surface area contributed by atoms with Crippen molar-refractivity contribution < 1.29 is 24.9 Å². The zero-order chi connectivity index (χ0) is 23.8. The summed E-state index contributed by atoms with van der Waals surface area (Å²) in [6.45, 7) is 0.160. The third kappa shape index (κ3) is 7.13. The van der Waals surface area contributed by atoms with E-state index in [-0.39, 0.29) is 30.7 Å². The first-order chi connectivity index (χ1) is 15.9. The van der Waals surface area contributed by atoms with E-state index >= 15 is 0 Å². The molecular formula is C25H25ClN2O5. The van der Waals surface area contributed by atoms with Crippen LogP contribution in [0.4, 0.5) is 5.69 Å². The SMILES string of the molecule is O=C(O)c1ccc(C(=O)Nc2ccc(C[C@@H](CO)NC[C@@H](O)c3cccc(Cl)c3)cc2)cc1. The summed E-state index contributed by atoms with van der Waals surface area (Å²) < 4.78 is 0. The molecule has 3 aromatic carbocycles. The van der Waals surface area contributed by atoms with Crippen molar-refractivity contribution in [2.45, 2.75) is 18.6 Å². The minimum Gasteiger partial charge on any atom is -0.478 e. The zero-order valence-corrected chi connectivity index (χ0v) is 18.5. The number of hydrogen-bond acceptors (Lipinski definition) is 5. The largest absolute Gasteiger partial charge is 0.478 e. The van der Waals surface area contributed by atoms with Crippen molar-refractivity contribution in [3.05, 3.63) is 100 Å². The highest BCUT2D eigenvalue weighted by Gasteiger charge is 2.13. The Balaban J connectivity index is 1.53. The molecule has 2 atom stereocenters. The third-order valence-corrected chi connectivity index (χ3v) is 5.38. The Morgan fingerprint density at radius 2 is 1.61 bits per heavy atom. The molecule has 7 nitrogen and oxygen atoms in total. The summed E-state index contributed by atoms with van der Waals surface area (Å²) >= 11 is 5.96. The Bertz CT molecular complexity index is 1090. The highest BCUT2D eigenvalue weighted by atomic mass is 35.5. The van der Waals surface area contributed by atoms with Crippen LogP contribution in [-0.2, 0) is 6.42 Å². The summed E-state index contributed by atoms with van der Waals surface area (Å²) in [6.07, 6.45) is -0.219. The van der Waals surface area contributed by atoms with Crippen molar-refractivity contribution in [3.8, 4) is 0 Å². The number of aromatic carboxylic acids is 1. The molecule has 33 heavy (non-hydrogen) atoms. The van der Waals surface area contributed by atoms with Gasteiger partial charge in [-0.15, -0.1) is 0 Å². The molecule has 0 heterocycles. The monoisotopic (exact) mass is 468 g/mol. The second kappa shape index (κ2) is 11.6. The van der Waals surface area contributed by atoms with Gasteiger partial charge in [-0.05, 0) is 66.1 Å². The summed E-state index contributed by atoms with van der Waals surface area (Å²) in [5.74, 6) is -1.39. The van der Waals surface area contributed by atoms with Gasteiger partial charge in [0.15, 0.2) is 0 Å². The molecule has 0 spiro atoms. The lowest BCUT2D eigenvalue weighted by atomic mass is 10.0. The van der Waals surface area contributed by atoms with E-state index in [1.54, 1.807) is 36.4 Å². The molecule has 0 unspecified atom stereocenters. The standard InChI is InChI=1S/C25H25ClN2O5/c26-20-3-1-2-19(13-20)23(30)14-27-22(15-29)12-16-4-10-21(11-5-16)28-24(31)17-6-8-18(9-7-17)25(32)33/h1-11,13,22-23,27,29-30H,12,14-15H2,(H,28,31)(H,32,33)/t22-,23+/m0/s1. The lowest BCUT2D eigenvalue weighted by molar-refractivity contribution is 0.0696. The van der Waals surface area contributed by atoms with Crippen LogP contribution >= 0.6 is 11.6 Å². The number of hydrogen-bond donors (Lipinski definition) is 5. The predicted octanol–water partition coefficient (Wildman–Crippen LogP) is 3.52. The van der Waals surface area contributed by atoms with Crippen LogP contribution in [0.15, 0.2) is 72.8 Å². The Kier molecular flexibility index (Phi) is 8.57. The summed E-state index contributed by atoms with van der Waals surface area (Å²) in [5.41, 5.74) is 2.71. The minimum atomic E-state index is -1.05. The van der Waals surface area contributed by atoms with E-state index < -0.39 is 12.1 Å². The minimum absolute atomic E-state index is 0.104. The average molecular weight is 469 g/mol. The van der Waals surface area contributed by atoms with E-state index in [9.17, 15) is 19.8 Å². The van der Waals surface area contributed by atoms with Crippen molar-refractivity contribution in [1.29, 1.82) is 0 Å². The van der Waals surface area contributed by atoms with Crippen molar-refractivity contribution in [1.82, 2.24) is 5.32 Å². The smallest absolute Gasteiger partial charge is 0.335 e. The van der Waals surface area contributed by atoms with Crippen molar-refractivity contribution in [3.63, 3.8) is 0 Å². The molecule has 0 bridgehead atoms. The number of aliphatic hydroxyl groups is 2. The fourth-order valence-corrected chi connectivity index (χ4v) is 3.49. The molecule has 0 aliphatic rings. The maximum atomic E-state index is 12.4. The van der Waals surface area contributed by atoms with Crippen molar-refractivity contribution >= 4 is 29.2 Å². The number of halogens is 1. The summed E-state index contributed by atoms with van der Waals surface area (Å²) in [4.78, 5) is 23.3. The molecule has 1 amide bonds. The van der Waals surface area contributed by atoms with Gasteiger partial charge in [-0.25, -0.2) is 4.79 Å². The number of anilines is 1. The van der Waals surface area contributed by atoms with Crippen LogP contribution in [0.2, 0.25) is 5.02 Å².